The Labute approximate surface area is 84.7 Å². The van der Waals surface area contributed by atoms with Gasteiger partial charge in [-0.2, -0.15) is 0 Å². The Morgan fingerprint density at radius 1 is 1.14 bits per heavy atom. The summed E-state index contributed by atoms with van der Waals surface area (Å²) in [4.78, 5) is 0. The number of benzene rings is 1. The molecule has 1 aromatic carbocycles. The maximum absolute atomic E-state index is 3.93. The van der Waals surface area contributed by atoms with Crippen molar-refractivity contribution in [3.05, 3.63) is 24.3 Å². The monoisotopic (exact) mass is 191 g/mol. The van der Waals surface area contributed by atoms with Crippen molar-refractivity contribution < 1.29 is 0 Å². The summed E-state index contributed by atoms with van der Waals surface area (Å²) in [5, 5.41) is 7.79. The Balaban J connectivity index is 0.000000213. The molecule has 0 bridgehead atoms. The summed E-state index contributed by atoms with van der Waals surface area (Å²) in [5.74, 6) is 0. The zero-order chi connectivity index (χ0) is 10.4. The lowest BCUT2D eigenvalue weighted by molar-refractivity contribution is 0.736. The molecule has 76 valence electrons. The molecule has 14 heavy (non-hydrogen) atoms. The van der Waals surface area contributed by atoms with Crippen LogP contribution in [0.4, 0.5) is 0 Å². The highest BCUT2D eigenvalue weighted by molar-refractivity contribution is 5.73. The van der Waals surface area contributed by atoms with Crippen LogP contribution in [0.5, 0.6) is 0 Å². The zero-order valence-corrected chi connectivity index (χ0v) is 9.07. The molecule has 0 atom stereocenters. The lowest BCUT2D eigenvalue weighted by Gasteiger charge is -1.87. The van der Waals surface area contributed by atoms with Crippen molar-refractivity contribution in [2.45, 2.75) is 26.7 Å². The van der Waals surface area contributed by atoms with Crippen LogP contribution >= 0.6 is 0 Å². The van der Waals surface area contributed by atoms with Gasteiger partial charge in [0.2, 0.25) is 0 Å². The van der Waals surface area contributed by atoms with Gasteiger partial charge in [-0.25, -0.2) is 4.68 Å². The van der Waals surface area contributed by atoms with Gasteiger partial charge in [-0.3, -0.25) is 0 Å². The summed E-state index contributed by atoms with van der Waals surface area (Å²) in [6, 6.07) is 7.88. The first-order valence-electron chi connectivity index (χ1n) is 5.04. The van der Waals surface area contributed by atoms with Crippen molar-refractivity contribution in [2.75, 3.05) is 0 Å². The molecular weight excluding hydrogens is 174 g/mol. The maximum atomic E-state index is 3.93. The van der Waals surface area contributed by atoms with Gasteiger partial charge < -0.3 is 0 Å². The van der Waals surface area contributed by atoms with Crippen LogP contribution in [0.3, 0.4) is 0 Å². The fourth-order valence-corrected chi connectivity index (χ4v) is 0.986. The molecule has 2 rings (SSSR count). The van der Waals surface area contributed by atoms with Crippen molar-refractivity contribution in [1.82, 2.24) is 15.0 Å². The minimum absolute atomic E-state index is 0.949. The average molecular weight is 191 g/mol. The lowest BCUT2D eigenvalue weighted by Crippen LogP contribution is -1.88. The number of fused-ring (bicyclic) bond motifs is 1. The van der Waals surface area contributed by atoms with Crippen molar-refractivity contribution in [3.8, 4) is 0 Å². The molecule has 0 saturated carbocycles. The SMILES string of the molecule is CCCC.Cn1nnc2ccccc21. The predicted molar refractivity (Wildman–Crippen MR) is 59.1 cm³/mol. The Bertz CT molecular complexity index is 377. The molecule has 2 aromatic rings. The normalized spacial score (nSPS) is 9.64. The van der Waals surface area contributed by atoms with Crippen LogP contribution in [0.25, 0.3) is 11.0 Å². The number of hydrogen-bond donors (Lipinski definition) is 0. The van der Waals surface area contributed by atoms with E-state index >= 15 is 0 Å². The number of rotatable bonds is 1. The Hall–Kier alpha value is -1.38. The van der Waals surface area contributed by atoms with Gasteiger partial charge >= 0.3 is 0 Å². The maximum Gasteiger partial charge on any atom is 0.113 e. The van der Waals surface area contributed by atoms with Gasteiger partial charge in [-0.1, -0.05) is 44.0 Å². The van der Waals surface area contributed by atoms with Crippen LogP contribution in [0.2, 0.25) is 0 Å². The molecule has 0 aliphatic carbocycles. The topological polar surface area (TPSA) is 30.7 Å². The summed E-state index contributed by atoms with van der Waals surface area (Å²) >= 11 is 0. The molecule has 0 aliphatic heterocycles. The van der Waals surface area contributed by atoms with E-state index < -0.39 is 0 Å². The first-order chi connectivity index (χ1) is 6.79. The van der Waals surface area contributed by atoms with Crippen molar-refractivity contribution in [1.29, 1.82) is 0 Å². The van der Waals surface area contributed by atoms with Crippen molar-refractivity contribution >= 4 is 11.0 Å². The minimum atomic E-state index is 0.949. The Morgan fingerprint density at radius 3 is 2.36 bits per heavy atom. The first-order valence-corrected chi connectivity index (χ1v) is 5.04. The molecule has 0 spiro atoms. The number of nitrogens with zero attached hydrogens (tertiary/aromatic N) is 3. The molecular formula is C11H17N3. The van der Waals surface area contributed by atoms with E-state index in [-0.39, 0.29) is 0 Å². The van der Waals surface area contributed by atoms with Crippen LogP contribution in [-0.2, 0) is 7.05 Å². The zero-order valence-electron chi connectivity index (χ0n) is 9.07. The molecule has 0 fully saturated rings. The van der Waals surface area contributed by atoms with E-state index in [1.807, 2.05) is 31.3 Å². The Morgan fingerprint density at radius 2 is 1.79 bits per heavy atom. The van der Waals surface area contributed by atoms with Crippen LogP contribution < -0.4 is 0 Å². The molecule has 0 N–H and O–H groups in total. The van der Waals surface area contributed by atoms with E-state index in [4.69, 9.17) is 0 Å². The number of para-hydroxylation sites is 1. The molecule has 0 amide bonds. The minimum Gasteiger partial charge on any atom is -0.248 e. The van der Waals surface area contributed by atoms with Crippen LogP contribution in [0.15, 0.2) is 24.3 Å². The third-order valence-corrected chi connectivity index (χ3v) is 2.02. The fraction of sp³-hybridized carbons (Fsp3) is 0.455. The highest BCUT2D eigenvalue weighted by Gasteiger charge is 1.95. The summed E-state index contributed by atoms with van der Waals surface area (Å²) in [5.41, 5.74) is 2.02. The Kier molecular flexibility index (Phi) is 4.11. The summed E-state index contributed by atoms with van der Waals surface area (Å²) in [6.45, 7) is 4.36. The first kappa shape index (κ1) is 10.7. The smallest absolute Gasteiger partial charge is 0.113 e. The molecule has 0 radical (unpaired) electrons. The molecule has 1 heterocycles. The second-order valence-electron chi connectivity index (χ2n) is 3.20. The van der Waals surface area contributed by atoms with Crippen molar-refractivity contribution in [2.24, 2.45) is 7.05 Å². The second kappa shape index (κ2) is 5.37. The second-order valence-corrected chi connectivity index (χ2v) is 3.20. The highest BCUT2D eigenvalue weighted by atomic mass is 15.4. The summed E-state index contributed by atoms with van der Waals surface area (Å²) < 4.78 is 1.76. The quantitative estimate of drug-likeness (QED) is 0.694. The molecule has 1 aromatic heterocycles. The molecule has 3 heteroatoms. The van der Waals surface area contributed by atoms with Gasteiger partial charge in [0.05, 0.1) is 5.52 Å². The number of unbranched alkanes of at least 4 members (excludes halogenated alkanes) is 1. The molecule has 0 aliphatic rings. The van der Waals surface area contributed by atoms with Crippen LogP contribution in [0, 0.1) is 0 Å². The van der Waals surface area contributed by atoms with E-state index in [2.05, 4.69) is 24.2 Å². The van der Waals surface area contributed by atoms with Gasteiger partial charge in [0.25, 0.3) is 0 Å². The summed E-state index contributed by atoms with van der Waals surface area (Å²) in [6.07, 6.45) is 2.64. The summed E-state index contributed by atoms with van der Waals surface area (Å²) in [7, 11) is 1.88. The van der Waals surface area contributed by atoms with E-state index in [1.54, 1.807) is 4.68 Å². The van der Waals surface area contributed by atoms with E-state index in [0.717, 1.165) is 11.0 Å². The number of aryl methyl sites for hydroxylation is 1. The number of aromatic nitrogens is 3. The van der Waals surface area contributed by atoms with Gasteiger partial charge in [-0.05, 0) is 12.1 Å². The predicted octanol–water partition coefficient (Wildman–Crippen LogP) is 2.77. The van der Waals surface area contributed by atoms with E-state index in [9.17, 15) is 0 Å². The van der Waals surface area contributed by atoms with Crippen LogP contribution in [0.1, 0.15) is 26.7 Å². The third kappa shape index (κ3) is 2.55. The lowest BCUT2D eigenvalue weighted by atomic mass is 10.3. The van der Waals surface area contributed by atoms with Gasteiger partial charge in [0, 0.05) is 7.05 Å². The van der Waals surface area contributed by atoms with Gasteiger partial charge in [-0.15, -0.1) is 5.10 Å². The molecule has 3 nitrogen and oxygen atoms in total. The fourth-order valence-electron chi connectivity index (χ4n) is 0.986. The van der Waals surface area contributed by atoms with Crippen molar-refractivity contribution in [3.63, 3.8) is 0 Å². The number of hydrogen-bond acceptors (Lipinski definition) is 2. The molecule has 0 saturated heterocycles. The van der Waals surface area contributed by atoms with E-state index in [1.165, 1.54) is 12.8 Å². The van der Waals surface area contributed by atoms with Gasteiger partial charge in [0.15, 0.2) is 0 Å². The highest BCUT2D eigenvalue weighted by Crippen LogP contribution is 2.06. The molecule has 0 unspecified atom stereocenters. The average Bonchev–Trinajstić information content (AvgIpc) is 2.62. The van der Waals surface area contributed by atoms with E-state index in [0.29, 0.717) is 0 Å². The largest absolute Gasteiger partial charge is 0.248 e. The standard InChI is InChI=1S/C7H7N3.C4H10/c1-10-7-5-3-2-4-6(7)8-9-10;1-3-4-2/h2-5H,1H3;3-4H2,1-2H3. The third-order valence-electron chi connectivity index (χ3n) is 2.02. The van der Waals surface area contributed by atoms with Crippen LogP contribution in [-0.4, -0.2) is 15.0 Å². The van der Waals surface area contributed by atoms with Gasteiger partial charge in [0.1, 0.15) is 5.52 Å².